The van der Waals surface area contributed by atoms with Gasteiger partial charge in [-0.1, -0.05) is 31.2 Å². The van der Waals surface area contributed by atoms with E-state index in [4.69, 9.17) is 4.74 Å². The van der Waals surface area contributed by atoms with Crippen molar-refractivity contribution in [2.75, 3.05) is 7.11 Å². The van der Waals surface area contributed by atoms with Crippen LogP contribution in [0.25, 0.3) is 0 Å². The van der Waals surface area contributed by atoms with Crippen LogP contribution in [-0.4, -0.2) is 17.6 Å². The number of hydrogen-bond acceptors (Lipinski definition) is 4. The molecule has 0 bridgehead atoms. The number of carbonyl (C=O) groups excluding carboxylic acids is 1. The van der Waals surface area contributed by atoms with Crippen LogP contribution in [0, 0.1) is 13.8 Å². The summed E-state index contributed by atoms with van der Waals surface area (Å²) in [5.74, 6) is 0.525. The lowest BCUT2D eigenvalue weighted by atomic mass is 10.1. The number of ether oxygens (including phenoxy) is 1. The van der Waals surface area contributed by atoms with Gasteiger partial charge in [0.25, 0.3) is 5.91 Å². The fourth-order valence-electron chi connectivity index (χ4n) is 3.77. The summed E-state index contributed by atoms with van der Waals surface area (Å²) in [5, 5.41) is 5.04. The average molecular weight is 425 g/mol. The summed E-state index contributed by atoms with van der Waals surface area (Å²) in [5.41, 5.74) is 2.60. The van der Waals surface area contributed by atoms with Gasteiger partial charge in [0.05, 0.1) is 13.2 Å². The summed E-state index contributed by atoms with van der Waals surface area (Å²) in [6.45, 7) is 6.43. The smallest absolute Gasteiger partial charge is 0.257 e. The first kappa shape index (κ1) is 21.8. The SMILES string of the molecule is CC[C@@H](NC(=O)c1c(C)n(CCc2ccccc2OC)c(C)cc1=O)c1cccs1. The normalized spacial score (nSPS) is 11.9. The van der Waals surface area contributed by atoms with Crippen LogP contribution < -0.4 is 15.5 Å². The van der Waals surface area contributed by atoms with E-state index in [1.165, 1.54) is 0 Å². The first-order chi connectivity index (χ1) is 14.5. The van der Waals surface area contributed by atoms with Crippen LogP contribution in [0.1, 0.15) is 51.6 Å². The van der Waals surface area contributed by atoms with Gasteiger partial charge in [-0.2, -0.15) is 0 Å². The molecule has 0 saturated heterocycles. The first-order valence-electron chi connectivity index (χ1n) is 10.1. The lowest BCUT2D eigenvalue weighted by Gasteiger charge is -2.20. The lowest BCUT2D eigenvalue weighted by molar-refractivity contribution is 0.0933. The number of amides is 1. The second kappa shape index (κ2) is 9.76. The molecule has 2 aromatic heterocycles. The molecular formula is C24H28N2O3S. The number of nitrogens with one attached hydrogen (secondary N) is 1. The Hall–Kier alpha value is -2.86. The highest BCUT2D eigenvalue weighted by atomic mass is 32.1. The van der Waals surface area contributed by atoms with Gasteiger partial charge in [0, 0.05) is 28.9 Å². The lowest BCUT2D eigenvalue weighted by Crippen LogP contribution is -2.34. The average Bonchev–Trinajstić information content (AvgIpc) is 3.26. The molecule has 3 aromatic rings. The third-order valence-corrected chi connectivity index (χ3v) is 6.39. The molecule has 0 spiro atoms. The first-order valence-corrected chi connectivity index (χ1v) is 11.0. The Morgan fingerprint density at radius 2 is 1.97 bits per heavy atom. The van der Waals surface area contributed by atoms with Crippen LogP contribution in [0.4, 0.5) is 0 Å². The van der Waals surface area contributed by atoms with Crippen molar-refractivity contribution in [3.05, 3.63) is 85.5 Å². The number of aromatic nitrogens is 1. The molecule has 0 radical (unpaired) electrons. The molecule has 1 amide bonds. The summed E-state index contributed by atoms with van der Waals surface area (Å²) >= 11 is 1.61. The highest BCUT2D eigenvalue weighted by molar-refractivity contribution is 7.10. The van der Waals surface area contributed by atoms with Gasteiger partial charge in [-0.05, 0) is 49.8 Å². The van der Waals surface area contributed by atoms with E-state index in [2.05, 4.69) is 5.32 Å². The third kappa shape index (κ3) is 4.65. The monoisotopic (exact) mass is 424 g/mol. The number of hydrogen-bond donors (Lipinski definition) is 1. The van der Waals surface area contributed by atoms with E-state index in [0.29, 0.717) is 12.2 Å². The molecule has 1 N–H and O–H groups in total. The van der Waals surface area contributed by atoms with Crippen molar-refractivity contribution in [2.24, 2.45) is 0 Å². The van der Waals surface area contributed by atoms with Crippen molar-refractivity contribution < 1.29 is 9.53 Å². The maximum Gasteiger partial charge on any atom is 0.257 e. The van der Waals surface area contributed by atoms with Crippen molar-refractivity contribution >= 4 is 17.2 Å². The van der Waals surface area contributed by atoms with E-state index in [0.717, 1.165) is 34.7 Å². The van der Waals surface area contributed by atoms with Crippen LogP contribution >= 0.6 is 11.3 Å². The summed E-state index contributed by atoms with van der Waals surface area (Å²) < 4.78 is 7.48. The molecule has 2 heterocycles. The van der Waals surface area contributed by atoms with Crippen molar-refractivity contribution in [1.82, 2.24) is 9.88 Å². The molecule has 158 valence electrons. The molecule has 0 aliphatic rings. The minimum atomic E-state index is -0.316. The Labute approximate surface area is 181 Å². The van der Waals surface area contributed by atoms with Gasteiger partial charge < -0.3 is 14.6 Å². The second-order valence-corrected chi connectivity index (χ2v) is 8.25. The van der Waals surface area contributed by atoms with Gasteiger partial charge in [0.15, 0.2) is 5.43 Å². The zero-order valence-corrected chi connectivity index (χ0v) is 18.7. The quantitative estimate of drug-likeness (QED) is 0.572. The van der Waals surface area contributed by atoms with Gasteiger partial charge in [0.1, 0.15) is 11.3 Å². The molecule has 1 aromatic carbocycles. The van der Waals surface area contributed by atoms with E-state index in [9.17, 15) is 9.59 Å². The van der Waals surface area contributed by atoms with Crippen LogP contribution in [0.2, 0.25) is 0 Å². The number of rotatable bonds is 8. The van der Waals surface area contributed by atoms with Crippen LogP contribution in [0.3, 0.4) is 0 Å². The largest absolute Gasteiger partial charge is 0.496 e. The highest BCUT2D eigenvalue weighted by Crippen LogP contribution is 2.23. The molecular weight excluding hydrogens is 396 g/mol. The fraction of sp³-hybridized carbons (Fsp3) is 0.333. The minimum Gasteiger partial charge on any atom is -0.496 e. The third-order valence-electron chi connectivity index (χ3n) is 5.40. The molecule has 0 fully saturated rings. The molecule has 0 aliphatic carbocycles. The van der Waals surface area contributed by atoms with Crippen LogP contribution in [0.15, 0.2) is 52.6 Å². The molecule has 1 atom stereocenters. The van der Waals surface area contributed by atoms with Crippen molar-refractivity contribution in [1.29, 1.82) is 0 Å². The van der Waals surface area contributed by atoms with Gasteiger partial charge >= 0.3 is 0 Å². The second-order valence-electron chi connectivity index (χ2n) is 7.27. The van der Waals surface area contributed by atoms with Crippen LogP contribution in [-0.2, 0) is 13.0 Å². The summed E-state index contributed by atoms with van der Waals surface area (Å²) in [4.78, 5) is 26.8. The standard InChI is InChI=1S/C24H28N2O3S/c1-5-19(22-11-8-14-30-22)25-24(28)23-17(3)26(16(2)15-20(23)27)13-12-18-9-6-7-10-21(18)29-4/h6-11,14-15,19H,5,12-13H2,1-4H3,(H,25,28)/t19-/m1/s1. The number of carbonyl (C=O) groups is 1. The zero-order chi connectivity index (χ0) is 21.7. The van der Waals surface area contributed by atoms with E-state index in [-0.39, 0.29) is 22.9 Å². The number of methoxy groups -OCH3 is 1. The number of para-hydroxylation sites is 1. The van der Waals surface area contributed by atoms with Gasteiger partial charge in [-0.15, -0.1) is 11.3 Å². The Balaban J connectivity index is 1.87. The molecule has 3 rings (SSSR count). The Bertz CT molecular complexity index is 1070. The van der Waals surface area contributed by atoms with E-state index >= 15 is 0 Å². The number of aryl methyl sites for hydroxylation is 2. The fourth-order valence-corrected chi connectivity index (χ4v) is 4.64. The summed E-state index contributed by atoms with van der Waals surface area (Å²) in [6.07, 6.45) is 1.50. The predicted molar refractivity (Wildman–Crippen MR) is 122 cm³/mol. The van der Waals surface area contributed by atoms with Crippen LogP contribution in [0.5, 0.6) is 5.75 Å². The number of benzene rings is 1. The Kier molecular flexibility index (Phi) is 7.11. The summed E-state index contributed by atoms with van der Waals surface area (Å²) in [7, 11) is 1.66. The van der Waals surface area contributed by atoms with Gasteiger partial charge in [-0.3, -0.25) is 9.59 Å². The summed E-state index contributed by atoms with van der Waals surface area (Å²) in [6, 6.07) is 13.3. The van der Waals surface area contributed by atoms with Gasteiger partial charge in [0.2, 0.25) is 0 Å². The Morgan fingerprint density at radius 1 is 1.20 bits per heavy atom. The zero-order valence-electron chi connectivity index (χ0n) is 17.9. The van der Waals surface area contributed by atoms with Crippen molar-refractivity contribution in [3.63, 3.8) is 0 Å². The van der Waals surface area contributed by atoms with E-state index in [1.807, 2.05) is 67.1 Å². The molecule has 6 heteroatoms. The van der Waals surface area contributed by atoms with Crippen molar-refractivity contribution in [3.8, 4) is 5.75 Å². The van der Waals surface area contributed by atoms with Gasteiger partial charge in [-0.25, -0.2) is 0 Å². The molecule has 5 nitrogen and oxygen atoms in total. The maximum atomic E-state index is 13.0. The molecule has 30 heavy (non-hydrogen) atoms. The molecule has 0 aliphatic heterocycles. The van der Waals surface area contributed by atoms with E-state index < -0.39 is 0 Å². The number of pyridine rings is 1. The minimum absolute atomic E-state index is 0.0976. The molecule has 0 unspecified atom stereocenters. The highest BCUT2D eigenvalue weighted by Gasteiger charge is 2.21. The molecule has 0 saturated carbocycles. The van der Waals surface area contributed by atoms with E-state index in [1.54, 1.807) is 24.5 Å². The topological polar surface area (TPSA) is 60.3 Å². The number of thiophene rings is 1. The predicted octanol–water partition coefficient (Wildman–Crippen LogP) is 4.66. The maximum absolute atomic E-state index is 13.0. The van der Waals surface area contributed by atoms with Crippen molar-refractivity contribution in [2.45, 2.75) is 46.2 Å². The Morgan fingerprint density at radius 3 is 2.63 bits per heavy atom. The number of nitrogens with zero attached hydrogens (tertiary/aromatic N) is 1.